The zero-order valence-corrected chi connectivity index (χ0v) is 12.0. The minimum Gasteiger partial charge on any atom is -0.310 e. The van der Waals surface area contributed by atoms with Crippen LogP contribution < -0.4 is 5.32 Å². The maximum Gasteiger partial charge on any atom is 0.123 e. The third kappa shape index (κ3) is 2.90. The van der Waals surface area contributed by atoms with Crippen molar-refractivity contribution in [1.29, 1.82) is 0 Å². The van der Waals surface area contributed by atoms with Crippen molar-refractivity contribution in [3.8, 4) is 0 Å². The van der Waals surface area contributed by atoms with Gasteiger partial charge in [0.2, 0.25) is 0 Å². The number of hydrogen-bond donors (Lipinski definition) is 1. The van der Waals surface area contributed by atoms with Crippen LogP contribution in [0, 0.1) is 19.7 Å². The van der Waals surface area contributed by atoms with Gasteiger partial charge in [-0.25, -0.2) is 4.39 Å². The summed E-state index contributed by atoms with van der Waals surface area (Å²) in [6.07, 6.45) is 4.52. The summed E-state index contributed by atoms with van der Waals surface area (Å²) in [7, 11) is 0. The lowest BCUT2D eigenvalue weighted by Gasteiger charge is -2.09. The fourth-order valence-corrected chi connectivity index (χ4v) is 2.36. The fourth-order valence-electron chi connectivity index (χ4n) is 2.36. The standard InChI is InChI=1S/C16H20FN3/c1-11-7-15(17)4-3-13(11)10-20-12(2)14(9-19-20)8-18-16-5-6-16/h3-4,7,9,16,18H,5-6,8,10H2,1-2H3. The Morgan fingerprint density at radius 3 is 2.80 bits per heavy atom. The third-order valence-corrected chi connectivity index (χ3v) is 3.99. The average molecular weight is 273 g/mol. The lowest BCUT2D eigenvalue weighted by molar-refractivity contribution is 0.620. The van der Waals surface area contributed by atoms with Crippen molar-refractivity contribution in [1.82, 2.24) is 15.1 Å². The van der Waals surface area contributed by atoms with Gasteiger partial charge in [0.1, 0.15) is 5.82 Å². The molecule has 3 nitrogen and oxygen atoms in total. The van der Waals surface area contributed by atoms with Gasteiger partial charge in [0.25, 0.3) is 0 Å². The summed E-state index contributed by atoms with van der Waals surface area (Å²) in [6, 6.07) is 5.63. The molecule has 0 unspecified atom stereocenters. The van der Waals surface area contributed by atoms with E-state index in [4.69, 9.17) is 0 Å². The highest BCUT2D eigenvalue weighted by Crippen LogP contribution is 2.20. The van der Waals surface area contributed by atoms with E-state index in [0.717, 1.165) is 17.7 Å². The van der Waals surface area contributed by atoms with E-state index in [9.17, 15) is 4.39 Å². The lowest BCUT2D eigenvalue weighted by atomic mass is 10.1. The van der Waals surface area contributed by atoms with Gasteiger partial charge < -0.3 is 5.32 Å². The van der Waals surface area contributed by atoms with Crippen molar-refractivity contribution < 1.29 is 4.39 Å². The number of hydrogen-bond acceptors (Lipinski definition) is 2. The second-order valence-electron chi connectivity index (χ2n) is 5.64. The van der Waals surface area contributed by atoms with Crippen LogP contribution >= 0.6 is 0 Å². The molecule has 1 N–H and O–H groups in total. The van der Waals surface area contributed by atoms with Gasteiger partial charge >= 0.3 is 0 Å². The van der Waals surface area contributed by atoms with Crippen molar-refractivity contribution in [2.45, 2.75) is 45.8 Å². The van der Waals surface area contributed by atoms with Crippen LogP contribution in [0.3, 0.4) is 0 Å². The Bertz CT molecular complexity index is 614. The molecule has 1 aromatic heterocycles. The third-order valence-electron chi connectivity index (χ3n) is 3.99. The minimum atomic E-state index is -0.183. The number of aryl methyl sites for hydroxylation is 1. The molecule has 0 amide bonds. The zero-order chi connectivity index (χ0) is 14.1. The maximum atomic E-state index is 13.1. The van der Waals surface area contributed by atoms with Gasteiger partial charge in [-0.15, -0.1) is 0 Å². The molecule has 0 bridgehead atoms. The predicted octanol–water partition coefficient (Wildman–Crippen LogP) is 2.94. The molecule has 0 radical (unpaired) electrons. The fraction of sp³-hybridized carbons (Fsp3) is 0.438. The molecule has 1 aromatic carbocycles. The maximum absolute atomic E-state index is 13.1. The first-order chi connectivity index (χ1) is 9.63. The van der Waals surface area contributed by atoms with E-state index in [0.29, 0.717) is 12.6 Å². The second kappa shape index (κ2) is 5.37. The van der Waals surface area contributed by atoms with Crippen LogP contribution in [0.15, 0.2) is 24.4 Å². The summed E-state index contributed by atoms with van der Waals surface area (Å²) >= 11 is 0. The van der Waals surface area contributed by atoms with Crippen molar-refractivity contribution >= 4 is 0 Å². The highest BCUT2D eigenvalue weighted by molar-refractivity contribution is 5.27. The van der Waals surface area contributed by atoms with Crippen molar-refractivity contribution in [3.05, 3.63) is 52.6 Å². The van der Waals surface area contributed by atoms with Crippen molar-refractivity contribution in [3.63, 3.8) is 0 Å². The first-order valence-electron chi connectivity index (χ1n) is 7.13. The number of halogens is 1. The number of aromatic nitrogens is 2. The summed E-state index contributed by atoms with van der Waals surface area (Å²) < 4.78 is 15.1. The van der Waals surface area contributed by atoms with E-state index in [1.807, 2.05) is 23.9 Å². The van der Waals surface area contributed by atoms with Crippen LogP contribution in [0.4, 0.5) is 4.39 Å². The Hall–Kier alpha value is -1.68. The number of nitrogens with one attached hydrogen (secondary N) is 1. The highest BCUT2D eigenvalue weighted by Gasteiger charge is 2.20. The van der Waals surface area contributed by atoms with E-state index in [1.54, 1.807) is 6.07 Å². The van der Waals surface area contributed by atoms with Gasteiger partial charge in [0, 0.05) is 23.8 Å². The van der Waals surface area contributed by atoms with E-state index in [1.165, 1.54) is 30.2 Å². The van der Waals surface area contributed by atoms with Gasteiger partial charge in [0.05, 0.1) is 12.7 Å². The molecule has 20 heavy (non-hydrogen) atoms. The molecule has 1 heterocycles. The molecule has 0 spiro atoms. The van der Waals surface area contributed by atoms with Gasteiger partial charge in [-0.05, 0) is 49.9 Å². The van der Waals surface area contributed by atoms with Gasteiger partial charge in [-0.1, -0.05) is 6.07 Å². The largest absolute Gasteiger partial charge is 0.310 e. The summed E-state index contributed by atoms with van der Waals surface area (Å²) in [4.78, 5) is 0. The molecule has 1 aliphatic rings. The topological polar surface area (TPSA) is 29.9 Å². The molecule has 3 rings (SSSR count). The Kier molecular flexibility index (Phi) is 3.57. The van der Waals surface area contributed by atoms with Gasteiger partial charge in [-0.2, -0.15) is 5.10 Å². The Morgan fingerprint density at radius 2 is 2.10 bits per heavy atom. The number of rotatable bonds is 5. The van der Waals surface area contributed by atoms with Crippen LogP contribution in [0.2, 0.25) is 0 Å². The van der Waals surface area contributed by atoms with Crippen LogP contribution in [-0.2, 0) is 13.1 Å². The Morgan fingerprint density at radius 1 is 1.30 bits per heavy atom. The SMILES string of the molecule is Cc1cc(F)ccc1Cn1ncc(CNC2CC2)c1C. The molecular formula is C16H20FN3. The zero-order valence-electron chi connectivity index (χ0n) is 12.0. The lowest BCUT2D eigenvalue weighted by Crippen LogP contribution is -2.16. The number of benzene rings is 1. The molecule has 1 saturated carbocycles. The number of nitrogens with zero attached hydrogens (tertiary/aromatic N) is 2. The first kappa shape index (κ1) is 13.3. The molecule has 0 saturated heterocycles. The van der Waals surface area contributed by atoms with Crippen LogP contribution in [0.5, 0.6) is 0 Å². The molecule has 0 aliphatic heterocycles. The normalized spacial score (nSPS) is 14.8. The van der Waals surface area contributed by atoms with E-state index in [-0.39, 0.29) is 5.82 Å². The summed E-state index contributed by atoms with van der Waals surface area (Å²) in [5, 5.41) is 7.96. The molecule has 1 aliphatic carbocycles. The Balaban J connectivity index is 1.73. The molecule has 2 aromatic rings. The smallest absolute Gasteiger partial charge is 0.123 e. The van der Waals surface area contributed by atoms with Crippen LogP contribution in [0.1, 0.15) is 35.2 Å². The summed E-state index contributed by atoms with van der Waals surface area (Å²) in [5.41, 5.74) is 4.51. The minimum absolute atomic E-state index is 0.183. The molecule has 1 fully saturated rings. The molecular weight excluding hydrogens is 253 g/mol. The van der Waals surface area contributed by atoms with Crippen molar-refractivity contribution in [2.24, 2.45) is 0 Å². The monoisotopic (exact) mass is 273 g/mol. The molecule has 106 valence electrons. The average Bonchev–Trinajstić information content (AvgIpc) is 3.17. The first-order valence-corrected chi connectivity index (χ1v) is 7.13. The van der Waals surface area contributed by atoms with E-state index < -0.39 is 0 Å². The van der Waals surface area contributed by atoms with E-state index in [2.05, 4.69) is 17.3 Å². The second-order valence-corrected chi connectivity index (χ2v) is 5.64. The highest BCUT2D eigenvalue weighted by atomic mass is 19.1. The molecule has 4 heteroatoms. The predicted molar refractivity (Wildman–Crippen MR) is 77.1 cm³/mol. The summed E-state index contributed by atoms with van der Waals surface area (Å²) in [6.45, 7) is 5.61. The molecule has 0 atom stereocenters. The Labute approximate surface area is 118 Å². The van der Waals surface area contributed by atoms with Gasteiger partial charge in [0.15, 0.2) is 0 Å². The van der Waals surface area contributed by atoms with Crippen LogP contribution in [-0.4, -0.2) is 15.8 Å². The summed E-state index contributed by atoms with van der Waals surface area (Å²) in [5.74, 6) is -0.183. The van der Waals surface area contributed by atoms with Crippen molar-refractivity contribution in [2.75, 3.05) is 0 Å². The van der Waals surface area contributed by atoms with Gasteiger partial charge in [-0.3, -0.25) is 4.68 Å². The quantitative estimate of drug-likeness (QED) is 0.907. The van der Waals surface area contributed by atoms with Crippen LogP contribution in [0.25, 0.3) is 0 Å². The van der Waals surface area contributed by atoms with E-state index >= 15 is 0 Å².